The van der Waals surface area contributed by atoms with Gasteiger partial charge in [-0.15, -0.1) is 0 Å². The minimum Gasteiger partial charge on any atom is -0.294 e. The Balaban J connectivity index is 1.55. The molecular formula is C25H25N3O2. The monoisotopic (exact) mass is 399 g/mol. The number of anilines is 1. The van der Waals surface area contributed by atoms with Gasteiger partial charge < -0.3 is 0 Å². The van der Waals surface area contributed by atoms with Crippen LogP contribution in [-0.2, 0) is 11.2 Å². The van der Waals surface area contributed by atoms with Gasteiger partial charge in [-0.3, -0.25) is 14.9 Å². The van der Waals surface area contributed by atoms with Crippen molar-refractivity contribution in [2.24, 2.45) is 0 Å². The Kier molecular flexibility index (Phi) is 5.70. The second kappa shape index (κ2) is 8.57. The van der Waals surface area contributed by atoms with E-state index in [9.17, 15) is 9.59 Å². The number of carbonyl (C=O) groups is 2. The van der Waals surface area contributed by atoms with Gasteiger partial charge in [0.05, 0.1) is 17.2 Å². The van der Waals surface area contributed by atoms with Crippen LogP contribution < -0.4 is 5.32 Å². The van der Waals surface area contributed by atoms with E-state index in [1.165, 1.54) is 5.56 Å². The topological polar surface area (TPSA) is 72.0 Å². The molecule has 30 heavy (non-hydrogen) atoms. The number of rotatable bonds is 5. The molecule has 1 aliphatic rings. The Hall–Kier alpha value is -3.34. The van der Waals surface area contributed by atoms with Crippen LogP contribution in [0.25, 0.3) is 0 Å². The Morgan fingerprint density at radius 2 is 1.83 bits per heavy atom. The summed E-state index contributed by atoms with van der Waals surface area (Å²) in [6.07, 6.45) is 3.34. The lowest BCUT2D eigenvalue weighted by Crippen LogP contribution is -2.24. The molecule has 1 aliphatic carbocycles. The standard InChI is InChI=1S/C25H25N3O2/c1-3-20(18-7-5-4-6-8-18)24(30)28-25-26-15-21-22(27-25)13-19(14-23(21)29)17-11-9-16(2)10-12-17/h4-12,15,19-20H,3,13-14H2,1-2H3,(H,26,27,28,30). The Morgan fingerprint density at radius 1 is 1.10 bits per heavy atom. The first-order valence-corrected chi connectivity index (χ1v) is 10.4. The van der Waals surface area contributed by atoms with Gasteiger partial charge in [-0.2, -0.15) is 0 Å². The summed E-state index contributed by atoms with van der Waals surface area (Å²) < 4.78 is 0. The Bertz CT molecular complexity index is 1060. The molecule has 0 saturated heterocycles. The third-order valence-electron chi connectivity index (χ3n) is 5.75. The van der Waals surface area contributed by atoms with E-state index in [4.69, 9.17) is 0 Å². The van der Waals surface area contributed by atoms with Crippen molar-refractivity contribution >= 4 is 17.6 Å². The maximum atomic E-state index is 12.8. The summed E-state index contributed by atoms with van der Waals surface area (Å²) in [5.41, 5.74) is 4.56. The molecule has 0 aliphatic heterocycles. The van der Waals surface area contributed by atoms with E-state index in [2.05, 4.69) is 39.6 Å². The van der Waals surface area contributed by atoms with Gasteiger partial charge in [0.15, 0.2) is 5.78 Å². The molecule has 152 valence electrons. The van der Waals surface area contributed by atoms with Gasteiger partial charge in [0, 0.05) is 12.6 Å². The lowest BCUT2D eigenvalue weighted by Gasteiger charge is -2.23. The van der Waals surface area contributed by atoms with E-state index >= 15 is 0 Å². The lowest BCUT2D eigenvalue weighted by molar-refractivity contribution is -0.117. The molecule has 3 aromatic rings. The van der Waals surface area contributed by atoms with E-state index in [1.54, 1.807) is 6.20 Å². The smallest absolute Gasteiger partial charge is 0.234 e. The minimum absolute atomic E-state index is 0.0513. The van der Waals surface area contributed by atoms with Crippen LogP contribution in [0.4, 0.5) is 5.95 Å². The van der Waals surface area contributed by atoms with Crippen LogP contribution in [0.2, 0.25) is 0 Å². The van der Waals surface area contributed by atoms with Gasteiger partial charge in [-0.1, -0.05) is 67.1 Å². The molecule has 5 heteroatoms. The summed E-state index contributed by atoms with van der Waals surface area (Å²) in [6, 6.07) is 18.0. The quantitative estimate of drug-likeness (QED) is 0.667. The zero-order valence-electron chi connectivity index (χ0n) is 17.3. The molecule has 2 unspecified atom stereocenters. The van der Waals surface area contributed by atoms with Crippen molar-refractivity contribution in [2.75, 3.05) is 5.32 Å². The molecule has 2 aromatic carbocycles. The highest BCUT2D eigenvalue weighted by Crippen LogP contribution is 2.32. The summed E-state index contributed by atoms with van der Waals surface area (Å²) in [5, 5.41) is 2.85. The average molecular weight is 399 g/mol. The summed E-state index contributed by atoms with van der Waals surface area (Å²) in [5.74, 6) is -0.00805. The van der Waals surface area contributed by atoms with Crippen molar-refractivity contribution in [3.05, 3.63) is 88.7 Å². The first kappa shape index (κ1) is 20.0. The van der Waals surface area contributed by atoms with Gasteiger partial charge in [0.1, 0.15) is 0 Å². The molecule has 5 nitrogen and oxygen atoms in total. The highest BCUT2D eigenvalue weighted by molar-refractivity contribution is 5.99. The molecule has 1 heterocycles. The van der Waals surface area contributed by atoms with Crippen molar-refractivity contribution in [1.29, 1.82) is 0 Å². The zero-order chi connectivity index (χ0) is 21.1. The van der Waals surface area contributed by atoms with Gasteiger partial charge >= 0.3 is 0 Å². The second-order valence-corrected chi connectivity index (χ2v) is 7.85. The average Bonchev–Trinajstić information content (AvgIpc) is 2.75. The normalized spacial score (nSPS) is 16.6. The fourth-order valence-corrected chi connectivity index (χ4v) is 4.03. The van der Waals surface area contributed by atoms with E-state index in [0.29, 0.717) is 30.5 Å². The molecule has 4 rings (SSSR count). The van der Waals surface area contributed by atoms with Crippen molar-refractivity contribution in [3.8, 4) is 0 Å². The zero-order valence-corrected chi connectivity index (χ0v) is 17.3. The van der Waals surface area contributed by atoms with Crippen LogP contribution in [0.15, 0.2) is 60.8 Å². The SMILES string of the molecule is CCC(C(=O)Nc1ncc2c(n1)CC(c1ccc(C)cc1)CC2=O)c1ccccc1. The highest BCUT2D eigenvalue weighted by atomic mass is 16.2. The van der Waals surface area contributed by atoms with Crippen molar-refractivity contribution in [3.63, 3.8) is 0 Å². The van der Waals surface area contributed by atoms with Crippen LogP contribution in [0.5, 0.6) is 0 Å². The summed E-state index contributed by atoms with van der Waals surface area (Å²) >= 11 is 0. The number of Topliss-reactive ketones (excluding diaryl/α,β-unsaturated/α-hetero) is 1. The number of benzene rings is 2. The second-order valence-electron chi connectivity index (χ2n) is 7.85. The number of hydrogen-bond donors (Lipinski definition) is 1. The number of carbonyl (C=O) groups excluding carboxylic acids is 2. The summed E-state index contributed by atoms with van der Waals surface area (Å²) in [6.45, 7) is 4.03. The number of fused-ring (bicyclic) bond motifs is 1. The van der Waals surface area contributed by atoms with Gasteiger partial charge in [0.25, 0.3) is 0 Å². The predicted octanol–water partition coefficient (Wildman–Crippen LogP) is 4.83. The summed E-state index contributed by atoms with van der Waals surface area (Å²) in [7, 11) is 0. The number of nitrogens with zero attached hydrogens (tertiary/aromatic N) is 2. The molecular weight excluding hydrogens is 374 g/mol. The molecule has 0 spiro atoms. The largest absolute Gasteiger partial charge is 0.294 e. The van der Waals surface area contributed by atoms with Crippen molar-refractivity contribution < 1.29 is 9.59 Å². The maximum absolute atomic E-state index is 12.8. The third kappa shape index (κ3) is 4.15. The number of amides is 1. The fraction of sp³-hybridized carbons (Fsp3) is 0.280. The number of nitrogens with one attached hydrogen (secondary N) is 1. The molecule has 0 fully saturated rings. The Morgan fingerprint density at radius 3 is 2.53 bits per heavy atom. The third-order valence-corrected chi connectivity index (χ3v) is 5.75. The van der Waals surface area contributed by atoms with Crippen LogP contribution in [0.1, 0.15) is 64.3 Å². The van der Waals surface area contributed by atoms with Crippen molar-refractivity contribution in [2.45, 2.75) is 44.9 Å². The first-order valence-electron chi connectivity index (χ1n) is 10.4. The van der Waals surface area contributed by atoms with E-state index in [-0.39, 0.29) is 29.5 Å². The number of aryl methyl sites for hydroxylation is 1. The fourth-order valence-electron chi connectivity index (χ4n) is 4.03. The molecule has 0 radical (unpaired) electrons. The van der Waals surface area contributed by atoms with E-state index in [0.717, 1.165) is 11.1 Å². The van der Waals surface area contributed by atoms with Crippen molar-refractivity contribution in [1.82, 2.24) is 9.97 Å². The van der Waals surface area contributed by atoms with Crippen LogP contribution in [0, 0.1) is 6.92 Å². The number of hydrogen-bond acceptors (Lipinski definition) is 4. The Labute approximate surface area is 176 Å². The minimum atomic E-state index is -0.271. The van der Waals surface area contributed by atoms with E-state index < -0.39 is 0 Å². The lowest BCUT2D eigenvalue weighted by atomic mass is 9.82. The van der Waals surface area contributed by atoms with Gasteiger partial charge in [-0.25, -0.2) is 9.97 Å². The molecule has 1 amide bonds. The van der Waals surface area contributed by atoms with Crippen LogP contribution in [0.3, 0.4) is 0 Å². The maximum Gasteiger partial charge on any atom is 0.234 e. The van der Waals surface area contributed by atoms with Crippen LogP contribution in [-0.4, -0.2) is 21.7 Å². The number of ketones is 1. The highest BCUT2D eigenvalue weighted by Gasteiger charge is 2.28. The first-order chi connectivity index (χ1) is 14.5. The molecule has 0 bridgehead atoms. The predicted molar refractivity (Wildman–Crippen MR) is 117 cm³/mol. The van der Waals surface area contributed by atoms with Gasteiger partial charge in [0.2, 0.25) is 11.9 Å². The molecule has 1 N–H and O–H groups in total. The van der Waals surface area contributed by atoms with Gasteiger partial charge in [-0.05, 0) is 36.8 Å². The molecule has 1 aromatic heterocycles. The van der Waals surface area contributed by atoms with Crippen LogP contribution >= 0.6 is 0 Å². The number of aromatic nitrogens is 2. The molecule has 2 atom stereocenters. The van der Waals surface area contributed by atoms with E-state index in [1.807, 2.05) is 44.2 Å². The summed E-state index contributed by atoms with van der Waals surface area (Å²) in [4.78, 5) is 34.3. The molecule has 0 saturated carbocycles.